The van der Waals surface area contributed by atoms with Crippen molar-refractivity contribution in [2.75, 3.05) is 6.54 Å². The third-order valence-electron chi connectivity index (χ3n) is 4.81. The van der Waals surface area contributed by atoms with E-state index in [4.69, 9.17) is 0 Å². The molecule has 3 aromatic heterocycles. The lowest BCUT2D eigenvalue weighted by atomic mass is 10.1. The third kappa shape index (κ3) is 3.21. The molecule has 0 atom stereocenters. The molecule has 0 saturated heterocycles. The number of rotatable bonds is 5. The summed E-state index contributed by atoms with van der Waals surface area (Å²) in [6.07, 6.45) is 2.53. The normalized spacial score (nSPS) is 11.5. The van der Waals surface area contributed by atoms with E-state index in [1.165, 1.54) is 5.56 Å². The van der Waals surface area contributed by atoms with Crippen LogP contribution in [0.25, 0.3) is 11.0 Å². The van der Waals surface area contributed by atoms with Crippen LogP contribution in [0.3, 0.4) is 0 Å². The molecule has 0 aliphatic carbocycles. The Bertz CT molecular complexity index is 966. The first kappa shape index (κ1) is 18.1. The minimum Gasteiger partial charge on any atom is -0.352 e. The number of hydrogen-bond donors (Lipinski definition) is 1. The van der Waals surface area contributed by atoms with Gasteiger partial charge in [0, 0.05) is 30.7 Å². The van der Waals surface area contributed by atoms with E-state index in [2.05, 4.69) is 34.3 Å². The van der Waals surface area contributed by atoms with E-state index in [0.29, 0.717) is 17.8 Å². The molecule has 3 heterocycles. The second-order valence-corrected chi connectivity index (χ2v) is 7.00. The Morgan fingerprint density at radius 1 is 1.23 bits per heavy atom. The maximum atomic E-state index is 12.6. The van der Waals surface area contributed by atoms with Gasteiger partial charge in [-0.25, -0.2) is 9.67 Å². The second kappa shape index (κ2) is 6.90. The molecule has 0 aliphatic rings. The zero-order valence-electron chi connectivity index (χ0n) is 16.3. The fraction of sp³-hybridized carbons (Fsp3) is 0.474. The van der Waals surface area contributed by atoms with Gasteiger partial charge in [-0.05, 0) is 52.7 Å². The highest BCUT2D eigenvalue weighted by molar-refractivity contribution is 5.98. The average molecular weight is 354 g/mol. The van der Waals surface area contributed by atoms with Gasteiger partial charge in [0.15, 0.2) is 5.65 Å². The molecule has 0 saturated carbocycles. The molecule has 7 nitrogen and oxygen atoms in total. The molecule has 0 unspecified atom stereocenters. The van der Waals surface area contributed by atoms with E-state index in [0.717, 1.165) is 28.8 Å². The standard InChI is InChI=1S/C19H26N6O/c1-11(2)25-18-15(10-21-25)9-17(12(3)22-18)19(26)20-8-7-16-13(4)23-24(6)14(16)5/h9-11H,7-8H2,1-6H3,(H,20,26). The lowest BCUT2D eigenvalue weighted by Crippen LogP contribution is -2.27. The number of nitrogens with one attached hydrogen (secondary N) is 1. The molecule has 0 aromatic carbocycles. The van der Waals surface area contributed by atoms with Crippen molar-refractivity contribution in [1.82, 2.24) is 29.9 Å². The molecule has 7 heteroatoms. The van der Waals surface area contributed by atoms with E-state index >= 15 is 0 Å². The Morgan fingerprint density at radius 3 is 2.58 bits per heavy atom. The lowest BCUT2D eigenvalue weighted by molar-refractivity contribution is 0.0953. The average Bonchev–Trinajstić information content (AvgIpc) is 3.09. The first-order chi connectivity index (χ1) is 12.3. The summed E-state index contributed by atoms with van der Waals surface area (Å²) in [6, 6.07) is 2.10. The van der Waals surface area contributed by atoms with Crippen LogP contribution in [-0.4, -0.2) is 37.0 Å². The van der Waals surface area contributed by atoms with Gasteiger partial charge in [-0.1, -0.05) is 0 Å². The third-order valence-corrected chi connectivity index (χ3v) is 4.81. The number of pyridine rings is 1. The quantitative estimate of drug-likeness (QED) is 0.764. The summed E-state index contributed by atoms with van der Waals surface area (Å²) in [7, 11) is 1.94. The molecule has 26 heavy (non-hydrogen) atoms. The van der Waals surface area contributed by atoms with Crippen LogP contribution in [0.2, 0.25) is 0 Å². The molecule has 3 rings (SSSR count). The largest absolute Gasteiger partial charge is 0.352 e. The van der Waals surface area contributed by atoms with Crippen molar-refractivity contribution in [1.29, 1.82) is 0 Å². The van der Waals surface area contributed by atoms with Crippen molar-refractivity contribution < 1.29 is 4.79 Å². The van der Waals surface area contributed by atoms with Crippen molar-refractivity contribution in [3.63, 3.8) is 0 Å². The van der Waals surface area contributed by atoms with E-state index in [-0.39, 0.29) is 11.9 Å². The number of nitrogens with zero attached hydrogens (tertiary/aromatic N) is 5. The van der Waals surface area contributed by atoms with Crippen molar-refractivity contribution in [3.05, 3.63) is 40.5 Å². The van der Waals surface area contributed by atoms with Crippen LogP contribution >= 0.6 is 0 Å². The molecule has 1 amide bonds. The number of carbonyl (C=O) groups excluding carboxylic acids is 1. The number of amides is 1. The Labute approximate surface area is 153 Å². The van der Waals surface area contributed by atoms with E-state index in [1.807, 2.05) is 43.2 Å². The zero-order valence-corrected chi connectivity index (χ0v) is 16.3. The molecular formula is C19H26N6O. The molecule has 0 fully saturated rings. The van der Waals surface area contributed by atoms with Gasteiger partial charge in [0.25, 0.3) is 5.91 Å². The van der Waals surface area contributed by atoms with Gasteiger partial charge < -0.3 is 5.32 Å². The summed E-state index contributed by atoms with van der Waals surface area (Å²) in [5.41, 5.74) is 5.47. The number of aromatic nitrogens is 5. The van der Waals surface area contributed by atoms with Crippen LogP contribution in [0, 0.1) is 20.8 Å². The van der Waals surface area contributed by atoms with Crippen molar-refractivity contribution in [2.45, 2.75) is 47.1 Å². The number of carbonyl (C=O) groups is 1. The Morgan fingerprint density at radius 2 is 1.96 bits per heavy atom. The summed E-state index contributed by atoms with van der Waals surface area (Å²) in [4.78, 5) is 17.2. The molecule has 0 spiro atoms. The summed E-state index contributed by atoms with van der Waals surface area (Å²) in [6.45, 7) is 10.6. The van der Waals surface area contributed by atoms with Crippen LogP contribution < -0.4 is 5.32 Å². The topological polar surface area (TPSA) is 77.6 Å². The highest BCUT2D eigenvalue weighted by Gasteiger charge is 2.16. The number of aryl methyl sites for hydroxylation is 3. The fourth-order valence-electron chi connectivity index (χ4n) is 3.25. The van der Waals surface area contributed by atoms with Gasteiger partial charge in [0.05, 0.1) is 23.1 Å². The zero-order chi connectivity index (χ0) is 19.0. The van der Waals surface area contributed by atoms with Gasteiger partial charge >= 0.3 is 0 Å². The predicted octanol–water partition coefficient (Wildman–Crippen LogP) is 2.64. The van der Waals surface area contributed by atoms with Crippen LogP contribution in [0.15, 0.2) is 12.3 Å². The van der Waals surface area contributed by atoms with Gasteiger partial charge in [0.2, 0.25) is 0 Å². The highest BCUT2D eigenvalue weighted by Crippen LogP contribution is 2.19. The van der Waals surface area contributed by atoms with Crippen molar-refractivity contribution in [3.8, 4) is 0 Å². The molecule has 0 radical (unpaired) electrons. The number of fused-ring (bicyclic) bond motifs is 1. The van der Waals surface area contributed by atoms with Gasteiger partial charge in [-0.15, -0.1) is 0 Å². The molecule has 0 bridgehead atoms. The molecular weight excluding hydrogens is 328 g/mol. The van der Waals surface area contributed by atoms with E-state index in [1.54, 1.807) is 6.20 Å². The Hall–Kier alpha value is -2.70. The molecule has 1 N–H and O–H groups in total. The Balaban J connectivity index is 1.74. The van der Waals surface area contributed by atoms with Crippen LogP contribution in [-0.2, 0) is 13.5 Å². The molecule has 0 aliphatic heterocycles. The van der Waals surface area contributed by atoms with Gasteiger partial charge in [-0.2, -0.15) is 10.2 Å². The highest BCUT2D eigenvalue weighted by atomic mass is 16.1. The maximum Gasteiger partial charge on any atom is 0.253 e. The van der Waals surface area contributed by atoms with E-state index < -0.39 is 0 Å². The van der Waals surface area contributed by atoms with Gasteiger partial charge in [-0.3, -0.25) is 9.48 Å². The Kier molecular flexibility index (Phi) is 4.80. The second-order valence-electron chi connectivity index (χ2n) is 7.00. The predicted molar refractivity (Wildman–Crippen MR) is 101 cm³/mol. The molecule has 138 valence electrons. The lowest BCUT2D eigenvalue weighted by Gasteiger charge is -2.10. The SMILES string of the molecule is Cc1nc2c(cnn2C(C)C)cc1C(=O)NCCc1c(C)nn(C)c1C. The van der Waals surface area contributed by atoms with Crippen LogP contribution in [0.4, 0.5) is 0 Å². The maximum absolute atomic E-state index is 12.6. The smallest absolute Gasteiger partial charge is 0.253 e. The minimum absolute atomic E-state index is 0.103. The first-order valence-electron chi connectivity index (χ1n) is 8.91. The van der Waals surface area contributed by atoms with Crippen LogP contribution in [0.1, 0.15) is 52.9 Å². The first-order valence-corrected chi connectivity index (χ1v) is 8.91. The van der Waals surface area contributed by atoms with Crippen molar-refractivity contribution >= 4 is 16.9 Å². The number of hydrogen-bond acceptors (Lipinski definition) is 4. The molecule has 3 aromatic rings. The fourth-order valence-corrected chi connectivity index (χ4v) is 3.25. The monoisotopic (exact) mass is 354 g/mol. The summed E-state index contributed by atoms with van der Waals surface area (Å²) in [5, 5.41) is 12.7. The summed E-state index contributed by atoms with van der Waals surface area (Å²) in [5.74, 6) is -0.103. The summed E-state index contributed by atoms with van der Waals surface area (Å²) >= 11 is 0. The summed E-state index contributed by atoms with van der Waals surface area (Å²) < 4.78 is 3.75. The van der Waals surface area contributed by atoms with E-state index in [9.17, 15) is 4.79 Å². The van der Waals surface area contributed by atoms with Gasteiger partial charge in [0.1, 0.15) is 0 Å². The van der Waals surface area contributed by atoms with Crippen LogP contribution in [0.5, 0.6) is 0 Å². The minimum atomic E-state index is -0.103. The van der Waals surface area contributed by atoms with Crippen molar-refractivity contribution in [2.24, 2.45) is 7.05 Å².